The largest absolute Gasteiger partial charge is 0.486 e. The second-order valence-corrected chi connectivity index (χ2v) is 10.6. The molecule has 0 bridgehead atoms. The lowest BCUT2D eigenvalue weighted by Gasteiger charge is -2.35. The van der Waals surface area contributed by atoms with Crippen LogP contribution < -0.4 is 9.47 Å². The number of fused-ring (bicyclic) bond motifs is 2. The molecule has 1 saturated heterocycles. The number of amides is 1. The number of piperidine rings is 1. The van der Waals surface area contributed by atoms with Crippen LogP contribution in [0.15, 0.2) is 30.5 Å². The summed E-state index contributed by atoms with van der Waals surface area (Å²) < 4.78 is 13.4. The number of aromatic nitrogens is 3. The fourth-order valence-electron chi connectivity index (χ4n) is 5.03. The third kappa shape index (κ3) is 4.78. The monoisotopic (exact) mass is 491 g/mol. The van der Waals surface area contributed by atoms with Crippen molar-refractivity contribution in [1.29, 1.82) is 0 Å². The molecule has 0 atom stereocenters. The summed E-state index contributed by atoms with van der Waals surface area (Å²) in [5.41, 5.74) is 3.02. The lowest BCUT2D eigenvalue weighted by Crippen LogP contribution is -2.42. The second-order valence-electron chi connectivity index (χ2n) is 10.6. The van der Waals surface area contributed by atoms with Crippen molar-refractivity contribution in [3.05, 3.63) is 36.0 Å². The summed E-state index contributed by atoms with van der Waals surface area (Å²) >= 11 is 0. The first-order valence-electron chi connectivity index (χ1n) is 13.1. The van der Waals surface area contributed by atoms with Crippen LogP contribution in [0, 0.1) is 5.92 Å². The molecule has 1 amide bonds. The van der Waals surface area contributed by atoms with E-state index in [-0.39, 0.29) is 11.9 Å². The van der Waals surface area contributed by atoms with E-state index in [0.717, 1.165) is 60.5 Å². The maximum atomic E-state index is 13.9. The van der Waals surface area contributed by atoms with Crippen molar-refractivity contribution in [2.45, 2.75) is 52.6 Å². The van der Waals surface area contributed by atoms with Crippen molar-refractivity contribution in [1.82, 2.24) is 24.6 Å². The Morgan fingerprint density at radius 1 is 1.08 bits per heavy atom. The van der Waals surface area contributed by atoms with E-state index in [2.05, 4.69) is 44.7 Å². The first kappa shape index (κ1) is 24.6. The number of likely N-dealkylation sites (tertiary alicyclic amines) is 1. The van der Waals surface area contributed by atoms with E-state index < -0.39 is 0 Å². The minimum Gasteiger partial charge on any atom is -0.486 e. The molecule has 2 aliphatic rings. The first-order chi connectivity index (χ1) is 17.3. The highest BCUT2D eigenvalue weighted by molar-refractivity contribution is 6.06. The summed E-state index contributed by atoms with van der Waals surface area (Å²) in [4.78, 5) is 23.2. The average Bonchev–Trinajstić information content (AvgIpc) is 3.32. The quantitative estimate of drug-likeness (QED) is 0.500. The minimum atomic E-state index is 0.0557. The van der Waals surface area contributed by atoms with Gasteiger partial charge < -0.3 is 19.3 Å². The van der Waals surface area contributed by atoms with Crippen molar-refractivity contribution in [2.75, 3.05) is 39.9 Å². The normalized spacial score (nSPS) is 16.5. The van der Waals surface area contributed by atoms with E-state index in [1.807, 2.05) is 33.8 Å². The SMILES string of the molecule is CC(C)N(C)CC1CCN(C(=O)c2cc(-c3ccc4c(c3)OCCO4)nc3c2cnn3C(C)C)CC1. The standard InChI is InChI=1S/C28H37N5O3/c1-18(2)31(5)17-20-8-10-32(11-9-20)28(34)22-15-24(30-27-23(22)16-29-33(27)19(3)4)21-6-7-25-26(14-21)36-13-12-35-25/h6-7,14-16,18-20H,8-13,17H2,1-5H3. The predicted octanol–water partition coefficient (Wildman–Crippen LogP) is 4.64. The molecule has 5 rings (SSSR count). The molecule has 3 aromatic rings. The molecular formula is C28H37N5O3. The zero-order chi connectivity index (χ0) is 25.4. The summed E-state index contributed by atoms with van der Waals surface area (Å²) in [6, 6.07) is 8.41. The fourth-order valence-corrected chi connectivity index (χ4v) is 5.03. The molecule has 0 spiro atoms. The summed E-state index contributed by atoms with van der Waals surface area (Å²) in [7, 11) is 2.18. The highest BCUT2D eigenvalue weighted by Gasteiger charge is 2.28. The second kappa shape index (κ2) is 10.1. The Bertz CT molecular complexity index is 1240. The molecule has 2 aliphatic heterocycles. The fraction of sp³-hybridized carbons (Fsp3) is 0.536. The molecule has 192 valence electrons. The van der Waals surface area contributed by atoms with Gasteiger partial charge >= 0.3 is 0 Å². The van der Waals surface area contributed by atoms with Gasteiger partial charge in [-0.15, -0.1) is 0 Å². The molecule has 0 unspecified atom stereocenters. The molecule has 2 aromatic heterocycles. The van der Waals surface area contributed by atoms with Gasteiger partial charge in [-0.05, 0) is 77.8 Å². The third-order valence-electron chi connectivity index (χ3n) is 7.45. The highest BCUT2D eigenvalue weighted by Crippen LogP contribution is 2.35. The van der Waals surface area contributed by atoms with Gasteiger partial charge in [0.05, 0.1) is 22.8 Å². The molecule has 0 aliphatic carbocycles. The topological polar surface area (TPSA) is 72.7 Å². The number of rotatable bonds is 6. The van der Waals surface area contributed by atoms with Crippen LogP contribution in [0.1, 0.15) is 56.9 Å². The molecule has 1 aromatic carbocycles. The number of hydrogen-bond acceptors (Lipinski definition) is 6. The van der Waals surface area contributed by atoms with Crippen LogP contribution in [0.3, 0.4) is 0 Å². The van der Waals surface area contributed by atoms with E-state index >= 15 is 0 Å². The zero-order valence-corrected chi connectivity index (χ0v) is 22.0. The first-order valence-corrected chi connectivity index (χ1v) is 13.1. The Kier molecular flexibility index (Phi) is 6.88. The van der Waals surface area contributed by atoms with Crippen LogP contribution in [-0.2, 0) is 0 Å². The van der Waals surface area contributed by atoms with Gasteiger partial charge in [-0.3, -0.25) is 4.79 Å². The summed E-state index contributed by atoms with van der Waals surface area (Å²) in [5.74, 6) is 2.12. The molecule has 0 N–H and O–H groups in total. The Morgan fingerprint density at radius 3 is 2.50 bits per heavy atom. The number of carbonyl (C=O) groups excluding carboxylic acids is 1. The van der Waals surface area contributed by atoms with Gasteiger partial charge in [0.2, 0.25) is 0 Å². The summed E-state index contributed by atoms with van der Waals surface area (Å²) in [6.45, 7) is 12.3. The molecule has 4 heterocycles. The molecule has 0 radical (unpaired) electrons. The van der Waals surface area contributed by atoms with Crippen LogP contribution in [0.25, 0.3) is 22.3 Å². The van der Waals surface area contributed by atoms with Gasteiger partial charge in [0.15, 0.2) is 17.1 Å². The van der Waals surface area contributed by atoms with Crippen molar-refractivity contribution in [3.8, 4) is 22.8 Å². The molecular weight excluding hydrogens is 454 g/mol. The van der Waals surface area contributed by atoms with Crippen LogP contribution in [0.4, 0.5) is 0 Å². The van der Waals surface area contributed by atoms with E-state index in [4.69, 9.17) is 14.5 Å². The van der Waals surface area contributed by atoms with E-state index in [1.165, 1.54) is 0 Å². The number of benzene rings is 1. The van der Waals surface area contributed by atoms with E-state index in [0.29, 0.717) is 36.5 Å². The molecule has 1 fully saturated rings. The number of nitrogens with zero attached hydrogens (tertiary/aromatic N) is 5. The van der Waals surface area contributed by atoms with Crippen LogP contribution in [0.2, 0.25) is 0 Å². The van der Waals surface area contributed by atoms with Gasteiger partial charge in [0.25, 0.3) is 5.91 Å². The zero-order valence-electron chi connectivity index (χ0n) is 22.0. The van der Waals surface area contributed by atoms with Crippen molar-refractivity contribution >= 4 is 16.9 Å². The van der Waals surface area contributed by atoms with Crippen LogP contribution in [0.5, 0.6) is 11.5 Å². The Hall–Kier alpha value is -3.13. The van der Waals surface area contributed by atoms with Crippen molar-refractivity contribution < 1.29 is 14.3 Å². The van der Waals surface area contributed by atoms with E-state index in [1.54, 1.807) is 6.20 Å². The van der Waals surface area contributed by atoms with Gasteiger partial charge in [0, 0.05) is 37.3 Å². The van der Waals surface area contributed by atoms with Gasteiger partial charge in [-0.1, -0.05) is 0 Å². The number of hydrogen-bond donors (Lipinski definition) is 0. The number of carbonyl (C=O) groups is 1. The highest BCUT2D eigenvalue weighted by atomic mass is 16.6. The summed E-state index contributed by atoms with van der Waals surface area (Å²) in [6.07, 6.45) is 3.84. The summed E-state index contributed by atoms with van der Waals surface area (Å²) in [5, 5.41) is 5.38. The smallest absolute Gasteiger partial charge is 0.254 e. The van der Waals surface area contributed by atoms with Crippen molar-refractivity contribution in [3.63, 3.8) is 0 Å². The van der Waals surface area contributed by atoms with E-state index in [9.17, 15) is 4.79 Å². The average molecular weight is 492 g/mol. The van der Waals surface area contributed by atoms with Crippen LogP contribution >= 0.6 is 0 Å². The third-order valence-corrected chi connectivity index (χ3v) is 7.45. The maximum absolute atomic E-state index is 13.9. The van der Waals surface area contributed by atoms with Crippen molar-refractivity contribution in [2.24, 2.45) is 5.92 Å². The lowest BCUT2D eigenvalue weighted by molar-refractivity contribution is 0.0668. The lowest BCUT2D eigenvalue weighted by atomic mass is 9.95. The minimum absolute atomic E-state index is 0.0557. The predicted molar refractivity (Wildman–Crippen MR) is 141 cm³/mol. The van der Waals surface area contributed by atoms with Gasteiger partial charge in [0.1, 0.15) is 13.2 Å². The van der Waals surface area contributed by atoms with Gasteiger partial charge in [-0.25, -0.2) is 9.67 Å². The Balaban J connectivity index is 1.46. The molecule has 36 heavy (non-hydrogen) atoms. The Morgan fingerprint density at radius 2 is 1.81 bits per heavy atom. The maximum Gasteiger partial charge on any atom is 0.254 e. The van der Waals surface area contributed by atoms with Crippen LogP contribution in [-0.4, -0.2) is 76.4 Å². The Labute approximate surface area is 213 Å². The van der Waals surface area contributed by atoms with Gasteiger partial charge in [-0.2, -0.15) is 5.10 Å². The number of pyridine rings is 1. The number of ether oxygens (including phenoxy) is 2. The molecule has 8 heteroatoms. The molecule has 0 saturated carbocycles. The molecule has 8 nitrogen and oxygen atoms in total.